The molecule has 1 aromatic carbocycles. The molecule has 0 saturated carbocycles. The van der Waals surface area contributed by atoms with Crippen molar-refractivity contribution in [3.05, 3.63) is 72.1 Å². The van der Waals surface area contributed by atoms with Crippen LogP contribution in [0.15, 0.2) is 60.9 Å². The first-order valence-corrected chi connectivity index (χ1v) is 12.3. The number of nitrogens with one attached hydrogen (secondary N) is 3. The third kappa shape index (κ3) is 13.5. The fourth-order valence-corrected chi connectivity index (χ4v) is 3.32. The monoisotopic (exact) mass is 510 g/mol. The van der Waals surface area contributed by atoms with Crippen molar-refractivity contribution in [3.8, 4) is 0 Å². The minimum absolute atomic E-state index is 0.0939. The number of amides is 3. The van der Waals surface area contributed by atoms with Crippen LogP contribution < -0.4 is 16.0 Å². The number of hydrogen-bond donors (Lipinski definition) is 4. The summed E-state index contributed by atoms with van der Waals surface area (Å²) in [7, 11) is 0. The van der Waals surface area contributed by atoms with Crippen molar-refractivity contribution in [1.82, 2.24) is 20.9 Å². The van der Waals surface area contributed by atoms with E-state index in [2.05, 4.69) is 20.9 Å². The standard InChI is InChI=1S/C27H34N4O6/c32-24(15-14-21-11-7-16-28-19-21)31-23(26(35)29-17-6-2-5-13-25(33)34)12-8-18-30-27(36)37-20-22-9-3-1-4-10-22/h1,3-4,7,9-11,14-16,19,23H,2,5-6,8,12-13,17-18,20H2,(H,29,35)(H,30,36)(H,31,32)(H,33,34)/t23-/m0/s1. The largest absolute Gasteiger partial charge is 0.481 e. The lowest BCUT2D eigenvalue weighted by molar-refractivity contribution is -0.137. The summed E-state index contributed by atoms with van der Waals surface area (Å²) >= 11 is 0. The third-order valence-electron chi connectivity index (χ3n) is 5.26. The molecule has 37 heavy (non-hydrogen) atoms. The zero-order valence-electron chi connectivity index (χ0n) is 20.7. The van der Waals surface area contributed by atoms with Gasteiger partial charge in [-0.1, -0.05) is 42.8 Å². The van der Waals surface area contributed by atoms with E-state index in [0.29, 0.717) is 38.6 Å². The van der Waals surface area contributed by atoms with Crippen LogP contribution in [0.2, 0.25) is 0 Å². The highest BCUT2D eigenvalue weighted by Gasteiger charge is 2.19. The number of carbonyl (C=O) groups is 4. The highest BCUT2D eigenvalue weighted by Crippen LogP contribution is 2.04. The Kier molecular flexibility index (Phi) is 13.5. The van der Waals surface area contributed by atoms with Crippen LogP contribution in [-0.4, -0.2) is 53.1 Å². The summed E-state index contributed by atoms with van der Waals surface area (Å²) in [5.74, 6) is -1.61. The number of nitrogens with zero attached hydrogens (tertiary/aromatic N) is 1. The number of aliphatic carboxylic acids is 1. The van der Waals surface area contributed by atoms with E-state index < -0.39 is 24.0 Å². The molecule has 10 nitrogen and oxygen atoms in total. The van der Waals surface area contributed by atoms with E-state index in [1.54, 1.807) is 30.6 Å². The van der Waals surface area contributed by atoms with E-state index in [4.69, 9.17) is 9.84 Å². The lowest BCUT2D eigenvalue weighted by Crippen LogP contribution is -2.46. The van der Waals surface area contributed by atoms with Crippen LogP contribution in [-0.2, 0) is 25.7 Å². The molecule has 2 aromatic rings. The lowest BCUT2D eigenvalue weighted by atomic mass is 10.1. The number of carboxylic acid groups (broad SMARTS) is 1. The van der Waals surface area contributed by atoms with Gasteiger partial charge in [-0.3, -0.25) is 19.4 Å². The summed E-state index contributed by atoms with van der Waals surface area (Å²) in [6.07, 6.45) is 8.29. The number of benzene rings is 1. The minimum Gasteiger partial charge on any atom is -0.481 e. The third-order valence-corrected chi connectivity index (χ3v) is 5.26. The molecule has 0 bridgehead atoms. The smallest absolute Gasteiger partial charge is 0.407 e. The zero-order chi connectivity index (χ0) is 26.7. The molecule has 198 valence electrons. The molecule has 1 atom stereocenters. The molecule has 1 heterocycles. The highest BCUT2D eigenvalue weighted by molar-refractivity contribution is 5.95. The van der Waals surface area contributed by atoms with Gasteiger partial charge in [0.15, 0.2) is 0 Å². The molecule has 0 unspecified atom stereocenters. The quantitative estimate of drug-likeness (QED) is 0.200. The molecule has 0 radical (unpaired) electrons. The summed E-state index contributed by atoms with van der Waals surface area (Å²) in [6, 6.07) is 12.1. The van der Waals surface area contributed by atoms with Crippen LogP contribution in [0.4, 0.5) is 4.79 Å². The van der Waals surface area contributed by atoms with Gasteiger partial charge in [0.05, 0.1) is 0 Å². The van der Waals surface area contributed by atoms with Gasteiger partial charge in [-0.25, -0.2) is 4.79 Å². The lowest BCUT2D eigenvalue weighted by Gasteiger charge is -2.18. The maximum Gasteiger partial charge on any atom is 0.407 e. The Hall–Kier alpha value is -4.21. The molecule has 10 heteroatoms. The fourth-order valence-electron chi connectivity index (χ4n) is 3.32. The molecule has 0 saturated heterocycles. The van der Waals surface area contributed by atoms with E-state index in [-0.39, 0.29) is 25.5 Å². The number of carboxylic acids is 1. The Bertz CT molecular complexity index is 1010. The maximum atomic E-state index is 12.7. The molecular weight excluding hydrogens is 476 g/mol. The minimum atomic E-state index is -0.844. The van der Waals surface area contributed by atoms with E-state index >= 15 is 0 Å². The van der Waals surface area contributed by atoms with Crippen molar-refractivity contribution in [1.29, 1.82) is 0 Å². The first kappa shape index (κ1) is 29.0. The number of hydrogen-bond acceptors (Lipinski definition) is 6. The van der Waals surface area contributed by atoms with Crippen molar-refractivity contribution in [2.45, 2.75) is 51.2 Å². The Morgan fingerprint density at radius 3 is 2.46 bits per heavy atom. The first-order chi connectivity index (χ1) is 17.9. The Morgan fingerprint density at radius 2 is 1.73 bits per heavy atom. The zero-order valence-corrected chi connectivity index (χ0v) is 20.7. The number of rotatable bonds is 16. The maximum absolute atomic E-state index is 12.7. The van der Waals surface area contributed by atoms with Gasteiger partial charge in [0.1, 0.15) is 12.6 Å². The second kappa shape index (κ2) is 17.3. The van der Waals surface area contributed by atoms with Crippen molar-refractivity contribution >= 4 is 30.0 Å². The Morgan fingerprint density at radius 1 is 0.946 bits per heavy atom. The molecule has 0 aliphatic heterocycles. The van der Waals surface area contributed by atoms with E-state index in [1.165, 1.54) is 6.08 Å². The van der Waals surface area contributed by atoms with Gasteiger partial charge in [-0.05, 0) is 49.0 Å². The van der Waals surface area contributed by atoms with Crippen molar-refractivity contribution in [3.63, 3.8) is 0 Å². The predicted octanol–water partition coefficient (Wildman–Crippen LogP) is 3.05. The van der Waals surface area contributed by atoms with Gasteiger partial charge >= 0.3 is 12.1 Å². The summed E-state index contributed by atoms with van der Waals surface area (Å²) < 4.78 is 5.17. The molecule has 0 aliphatic carbocycles. The second-order valence-corrected chi connectivity index (χ2v) is 8.31. The van der Waals surface area contributed by atoms with E-state index in [0.717, 1.165) is 11.1 Å². The van der Waals surface area contributed by atoms with Gasteiger partial charge in [0.25, 0.3) is 0 Å². The molecule has 3 amide bonds. The van der Waals surface area contributed by atoms with E-state index in [1.807, 2.05) is 30.3 Å². The van der Waals surface area contributed by atoms with Crippen LogP contribution in [0.3, 0.4) is 0 Å². The summed E-state index contributed by atoms with van der Waals surface area (Å²) in [5.41, 5.74) is 1.62. The summed E-state index contributed by atoms with van der Waals surface area (Å²) in [5, 5.41) is 16.8. The number of alkyl carbamates (subject to hydrolysis) is 1. The number of unbranched alkanes of at least 4 members (excludes halogenated alkanes) is 2. The fraction of sp³-hybridized carbons (Fsp3) is 0.370. The molecule has 0 fully saturated rings. The normalized spacial score (nSPS) is 11.5. The molecule has 0 aliphatic rings. The van der Waals surface area contributed by atoms with Crippen molar-refractivity contribution in [2.24, 2.45) is 0 Å². The van der Waals surface area contributed by atoms with Crippen LogP contribution in [0, 0.1) is 0 Å². The molecule has 4 N–H and O–H groups in total. The topological polar surface area (TPSA) is 147 Å². The van der Waals surface area contributed by atoms with E-state index in [9.17, 15) is 19.2 Å². The van der Waals surface area contributed by atoms with Gasteiger partial charge in [0, 0.05) is 38.0 Å². The molecule has 2 rings (SSSR count). The first-order valence-electron chi connectivity index (χ1n) is 12.3. The number of aromatic nitrogens is 1. The van der Waals surface area contributed by atoms with Gasteiger partial charge in [-0.2, -0.15) is 0 Å². The average Bonchev–Trinajstić information content (AvgIpc) is 2.90. The van der Waals surface area contributed by atoms with Gasteiger partial charge < -0.3 is 25.8 Å². The average molecular weight is 511 g/mol. The molecule has 0 spiro atoms. The van der Waals surface area contributed by atoms with Crippen LogP contribution in [0.1, 0.15) is 49.7 Å². The van der Waals surface area contributed by atoms with Crippen LogP contribution >= 0.6 is 0 Å². The SMILES string of the molecule is O=C(O)CCCCCNC(=O)[C@H](CCCNC(=O)OCc1ccccc1)NC(=O)C=Cc1cccnc1. The van der Waals surface area contributed by atoms with Crippen LogP contribution in [0.25, 0.3) is 6.08 Å². The van der Waals surface area contributed by atoms with Crippen molar-refractivity contribution < 1.29 is 29.0 Å². The summed E-state index contributed by atoms with van der Waals surface area (Å²) in [4.78, 5) is 51.6. The highest BCUT2D eigenvalue weighted by atomic mass is 16.5. The molecule has 1 aromatic heterocycles. The van der Waals surface area contributed by atoms with Gasteiger partial charge in [-0.15, -0.1) is 0 Å². The second-order valence-electron chi connectivity index (χ2n) is 8.31. The Balaban J connectivity index is 1.79. The Labute approximate surface area is 216 Å². The van der Waals surface area contributed by atoms with Gasteiger partial charge in [0.2, 0.25) is 11.8 Å². The van der Waals surface area contributed by atoms with Crippen LogP contribution in [0.5, 0.6) is 0 Å². The number of carbonyl (C=O) groups excluding carboxylic acids is 3. The predicted molar refractivity (Wildman–Crippen MR) is 138 cm³/mol. The van der Waals surface area contributed by atoms with Crippen molar-refractivity contribution in [2.75, 3.05) is 13.1 Å². The summed E-state index contributed by atoms with van der Waals surface area (Å²) in [6.45, 7) is 0.803. The number of pyridine rings is 1. The molecular formula is C27H34N4O6. The number of ether oxygens (including phenoxy) is 1.